The number of hydrogen-bond acceptors (Lipinski definition) is 5. The van der Waals surface area contributed by atoms with E-state index in [1.807, 2.05) is 5.32 Å². The van der Waals surface area contributed by atoms with Crippen molar-refractivity contribution >= 4 is 28.7 Å². The summed E-state index contributed by atoms with van der Waals surface area (Å²) in [6, 6.07) is -0.694. The lowest BCUT2D eigenvalue weighted by Crippen LogP contribution is -2.41. The highest BCUT2D eigenvalue weighted by molar-refractivity contribution is 7.84. The van der Waals surface area contributed by atoms with Gasteiger partial charge in [0, 0.05) is 29.4 Å². The van der Waals surface area contributed by atoms with Crippen molar-refractivity contribution in [2.75, 3.05) is 31.8 Å². The van der Waals surface area contributed by atoms with Crippen LogP contribution in [-0.2, 0) is 25.1 Å². The van der Waals surface area contributed by atoms with Crippen LogP contribution < -0.4 is 10.6 Å². The summed E-state index contributed by atoms with van der Waals surface area (Å²) in [6.07, 6.45) is 2.10. The van der Waals surface area contributed by atoms with E-state index in [9.17, 15) is 18.6 Å². The van der Waals surface area contributed by atoms with Gasteiger partial charge in [-0.25, -0.2) is 9.59 Å². The number of urea groups is 1. The number of amides is 3. The van der Waals surface area contributed by atoms with Gasteiger partial charge in [0.15, 0.2) is 0 Å². The van der Waals surface area contributed by atoms with Crippen molar-refractivity contribution in [3.05, 3.63) is 0 Å². The molecule has 9 heteroatoms. The SMILES string of the molecule is CS(=O)CCCNC(=O)NC(=O)COCC(=O)O. The van der Waals surface area contributed by atoms with Crippen LogP contribution in [-0.4, -0.2) is 59.0 Å². The van der Waals surface area contributed by atoms with Gasteiger partial charge in [-0.15, -0.1) is 0 Å². The highest BCUT2D eigenvalue weighted by Crippen LogP contribution is 1.82. The van der Waals surface area contributed by atoms with E-state index in [0.717, 1.165) is 0 Å². The van der Waals surface area contributed by atoms with Gasteiger partial charge >= 0.3 is 12.0 Å². The standard InChI is InChI=1S/C9H16N2O6S/c1-18(16)4-2-3-10-9(15)11-7(12)5-17-6-8(13)14/h2-6H2,1H3,(H,13,14)(H2,10,11,12,15). The summed E-state index contributed by atoms with van der Waals surface area (Å²) < 4.78 is 15.2. The zero-order chi connectivity index (χ0) is 14.0. The van der Waals surface area contributed by atoms with Crippen molar-refractivity contribution in [2.24, 2.45) is 0 Å². The highest BCUT2D eigenvalue weighted by Gasteiger charge is 2.08. The number of carbonyl (C=O) groups is 3. The van der Waals surface area contributed by atoms with Crippen molar-refractivity contribution in [3.8, 4) is 0 Å². The Bertz CT molecular complexity index is 333. The van der Waals surface area contributed by atoms with Crippen LogP contribution in [0.5, 0.6) is 0 Å². The fourth-order valence-corrected chi connectivity index (χ4v) is 1.47. The molecule has 0 aliphatic rings. The Morgan fingerprint density at radius 2 is 1.94 bits per heavy atom. The van der Waals surface area contributed by atoms with Gasteiger partial charge in [0.25, 0.3) is 5.91 Å². The van der Waals surface area contributed by atoms with Gasteiger partial charge in [-0.2, -0.15) is 0 Å². The molecule has 0 rings (SSSR count). The average molecular weight is 280 g/mol. The lowest BCUT2D eigenvalue weighted by atomic mass is 10.5. The van der Waals surface area contributed by atoms with Crippen LogP contribution >= 0.6 is 0 Å². The Hall–Kier alpha value is -1.48. The zero-order valence-corrected chi connectivity index (χ0v) is 10.7. The minimum atomic E-state index is -1.19. The van der Waals surface area contributed by atoms with Crippen molar-refractivity contribution in [1.29, 1.82) is 0 Å². The molecule has 1 unspecified atom stereocenters. The molecule has 0 spiro atoms. The molecule has 18 heavy (non-hydrogen) atoms. The summed E-state index contributed by atoms with van der Waals surface area (Å²) in [5, 5.41) is 12.6. The Balaban J connectivity index is 3.58. The minimum absolute atomic E-state index is 0.300. The number of aliphatic carboxylic acids is 1. The third-order valence-electron chi connectivity index (χ3n) is 1.61. The van der Waals surface area contributed by atoms with Crippen LogP contribution in [0, 0.1) is 0 Å². The molecule has 0 aromatic carbocycles. The van der Waals surface area contributed by atoms with Crippen LogP contribution in [0.2, 0.25) is 0 Å². The normalized spacial score (nSPS) is 11.6. The van der Waals surface area contributed by atoms with E-state index in [2.05, 4.69) is 10.1 Å². The first-order chi connectivity index (χ1) is 8.41. The van der Waals surface area contributed by atoms with Crippen LogP contribution in [0.15, 0.2) is 0 Å². The molecule has 0 radical (unpaired) electrons. The predicted molar refractivity (Wildman–Crippen MR) is 63.5 cm³/mol. The molecule has 0 aromatic heterocycles. The molecule has 0 heterocycles. The zero-order valence-electron chi connectivity index (χ0n) is 9.93. The van der Waals surface area contributed by atoms with Crippen LogP contribution in [0.3, 0.4) is 0 Å². The Kier molecular flexibility index (Phi) is 8.76. The number of carbonyl (C=O) groups excluding carboxylic acids is 2. The third-order valence-corrected chi connectivity index (χ3v) is 2.47. The van der Waals surface area contributed by atoms with Crippen molar-refractivity contribution in [1.82, 2.24) is 10.6 Å². The van der Waals surface area contributed by atoms with Crippen molar-refractivity contribution in [2.45, 2.75) is 6.42 Å². The first-order valence-corrected chi connectivity index (χ1v) is 6.81. The number of carboxylic acid groups (broad SMARTS) is 1. The maximum Gasteiger partial charge on any atom is 0.329 e. The number of carboxylic acids is 1. The van der Waals surface area contributed by atoms with E-state index in [1.54, 1.807) is 6.26 Å². The van der Waals surface area contributed by atoms with E-state index in [-0.39, 0.29) is 0 Å². The van der Waals surface area contributed by atoms with Gasteiger partial charge in [0.2, 0.25) is 0 Å². The molecule has 0 aliphatic heterocycles. The van der Waals surface area contributed by atoms with Gasteiger partial charge < -0.3 is 15.2 Å². The van der Waals surface area contributed by atoms with E-state index >= 15 is 0 Å². The molecule has 0 fully saturated rings. The van der Waals surface area contributed by atoms with Gasteiger partial charge in [-0.1, -0.05) is 0 Å². The molecule has 0 saturated heterocycles. The molecule has 0 aliphatic carbocycles. The third kappa shape index (κ3) is 11.0. The number of hydrogen-bond donors (Lipinski definition) is 3. The number of nitrogens with one attached hydrogen (secondary N) is 2. The van der Waals surface area contributed by atoms with Crippen LogP contribution in [0.25, 0.3) is 0 Å². The first kappa shape index (κ1) is 16.5. The first-order valence-electron chi connectivity index (χ1n) is 5.09. The number of imide groups is 1. The lowest BCUT2D eigenvalue weighted by molar-refractivity contribution is -0.143. The topological polar surface area (TPSA) is 122 Å². The molecule has 104 valence electrons. The summed E-state index contributed by atoms with van der Waals surface area (Å²) in [5.41, 5.74) is 0. The predicted octanol–water partition coefficient (Wildman–Crippen LogP) is -1.32. The Labute approximate surface area is 107 Å². The maximum atomic E-state index is 11.1. The van der Waals surface area contributed by atoms with Crippen molar-refractivity contribution in [3.63, 3.8) is 0 Å². The number of rotatable bonds is 8. The molecule has 1 atom stereocenters. The molecule has 0 aromatic rings. The van der Waals surface area contributed by atoms with Gasteiger partial charge in [0.05, 0.1) is 0 Å². The molecule has 0 saturated carbocycles. The molecular formula is C9H16N2O6S. The summed E-state index contributed by atoms with van der Waals surface area (Å²) >= 11 is 0. The fourth-order valence-electron chi connectivity index (χ4n) is 0.915. The second-order valence-electron chi connectivity index (χ2n) is 3.32. The highest BCUT2D eigenvalue weighted by atomic mass is 32.2. The second-order valence-corrected chi connectivity index (χ2v) is 4.88. The summed E-state index contributed by atoms with van der Waals surface area (Å²) in [5.74, 6) is -1.46. The monoisotopic (exact) mass is 280 g/mol. The Morgan fingerprint density at radius 1 is 1.28 bits per heavy atom. The molecular weight excluding hydrogens is 264 g/mol. The molecule has 0 bridgehead atoms. The van der Waals surface area contributed by atoms with Crippen LogP contribution in [0.4, 0.5) is 4.79 Å². The maximum absolute atomic E-state index is 11.1. The van der Waals surface area contributed by atoms with E-state index < -0.39 is 41.9 Å². The van der Waals surface area contributed by atoms with E-state index in [0.29, 0.717) is 18.7 Å². The Morgan fingerprint density at radius 3 is 2.50 bits per heavy atom. The van der Waals surface area contributed by atoms with Gasteiger partial charge in [-0.05, 0) is 6.42 Å². The van der Waals surface area contributed by atoms with Gasteiger partial charge in [0.1, 0.15) is 13.2 Å². The summed E-state index contributed by atoms with van der Waals surface area (Å²) in [6.45, 7) is -0.801. The quantitative estimate of drug-likeness (QED) is 0.474. The van der Waals surface area contributed by atoms with E-state index in [4.69, 9.17) is 5.11 Å². The van der Waals surface area contributed by atoms with Crippen LogP contribution in [0.1, 0.15) is 6.42 Å². The average Bonchev–Trinajstić information content (AvgIpc) is 2.23. The summed E-state index contributed by atoms with van der Waals surface area (Å²) in [4.78, 5) is 32.2. The molecule has 3 amide bonds. The molecule has 8 nitrogen and oxygen atoms in total. The van der Waals surface area contributed by atoms with Gasteiger partial charge in [-0.3, -0.25) is 14.3 Å². The largest absolute Gasteiger partial charge is 0.480 e. The minimum Gasteiger partial charge on any atom is -0.480 e. The second kappa shape index (κ2) is 9.54. The molecule has 3 N–H and O–H groups in total. The fraction of sp³-hybridized carbons (Fsp3) is 0.667. The number of ether oxygens (including phenoxy) is 1. The smallest absolute Gasteiger partial charge is 0.329 e. The van der Waals surface area contributed by atoms with E-state index in [1.165, 1.54) is 0 Å². The summed E-state index contributed by atoms with van der Waals surface area (Å²) in [7, 11) is -0.914. The lowest BCUT2D eigenvalue weighted by Gasteiger charge is -2.06. The van der Waals surface area contributed by atoms with Crippen molar-refractivity contribution < 1.29 is 28.4 Å².